The minimum atomic E-state index is -0.0864. The van der Waals surface area contributed by atoms with Crippen molar-refractivity contribution in [1.29, 1.82) is 0 Å². The van der Waals surface area contributed by atoms with Gasteiger partial charge in [0.05, 0.1) is 5.69 Å². The molecule has 2 aromatic rings. The van der Waals surface area contributed by atoms with Crippen LogP contribution in [0.25, 0.3) is 0 Å². The first kappa shape index (κ1) is 15.5. The van der Waals surface area contributed by atoms with E-state index in [-0.39, 0.29) is 6.04 Å². The van der Waals surface area contributed by atoms with Crippen LogP contribution in [0.15, 0.2) is 28.7 Å². The lowest BCUT2D eigenvalue weighted by atomic mass is 10.0. The van der Waals surface area contributed by atoms with Gasteiger partial charge in [-0.1, -0.05) is 34.5 Å². The summed E-state index contributed by atoms with van der Waals surface area (Å²) in [5, 5.41) is 5.25. The Labute approximate surface area is 133 Å². The SMILES string of the molecule is CCc1cc(CC(N)c2cc(Cl)cc(Br)c2)n(CC)n1. The molecule has 0 aliphatic rings. The lowest BCUT2D eigenvalue weighted by Crippen LogP contribution is -2.16. The molecule has 1 atom stereocenters. The average molecular weight is 357 g/mol. The summed E-state index contributed by atoms with van der Waals surface area (Å²) in [4.78, 5) is 0. The van der Waals surface area contributed by atoms with Crippen LogP contribution < -0.4 is 5.73 Å². The third-order valence-electron chi connectivity index (χ3n) is 3.32. The summed E-state index contributed by atoms with van der Waals surface area (Å²) >= 11 is 9.53. The van der Waals surface area contributed by atoms with Gasteiger partial charge in [-0.05, 0) is 43.2 Å². The molecule has 0 aliphatic carbocycles. The van der Waals surface area contributed by atoms with Gasteiger partial charge >= 0.3 is 0 Å². The van der Waals surface area contributed by atoms with Crippen molar-refractivity contribution < 1.29 is 0 Å². The van der Waals surface area contributed by atoms with Crippen LogP contribution in [0.4, 0.5) is 0 Å². The highest BCUT2D eigenvalue weighted by Crippen LogP contribution is 2.25. The Morgan fingerprint density at radius 1 is 1.30 bits per heavy atom. The van der Waals surface area contributed by atoms with Gasteiger partial charge in [-0.2, -0.15) is 5.10 Å². The second-order valence-corrected chi connectivity index (χ2v) is 6.16. The van der Waals surface area contributed by atoms with Crippen molar-refractivity contribution in [2.45, 2.75) is 39.3 Å². The predicted molar refractivity (Wildman–Crippen MR) is 87.1 cm³/mol. The van der Waals surface area contributed by atoms with Crippen LogP contribution in [0.5, 0.6) is 0 Å². The molecule has 3 nitrogen and oxygen atoms in total. The Morgan fingerprint density at radius 2 is 2.05 bits per heavy atom. The van der Waals surface area contributed by atoms with E-state index in [9.17, 15) is 0 Å². The van der Waals surface area contributed by atoms with Crippen molar-refractivity contribution in [3.63, 3.8) is 0 Å². The van der Waals surface area contributed by atoms with Crippen molar-refractivity contribution >= 4 is 27.5 Å². The summed E-state index contributed by atoms with van der Waals surface area (Å²) in [7, 11) is 0. The number of hydrogen-bond donors (Lipinski definition) is 1. The normalized spacial score (nSPS) is 12.7. The molecule has 0 radical (unpaired) electrons. The van der Waals surface area contributed by atoms with Crippen LogP contribution >= 0.6 is 27.5 Å². The minimum absolute atomic E-state index is 0.0864. The fourth-order valence-electron chi connectivity index (χ4n) is 2.26. The standard InChI is InChI=1S/C15H19BrClN3/c1-3-13-8-14(20(4-2)19-13)9-15(18)10-5-11(16)7-12(17)6-10/h5-8,15H,3-4,9,18H2,1-2H3. The maximum absolute atomic E-state index is 6.32. The molecular formula is C15H19BrClN3. The number of rotatable bonds is 5. The van der Waals surface area contributed by atoms with E-state index < -0.39 is 0 Å². The highest BCUT2D eigenvalue weighted by atomic mass is 79.9. The molecule has 0 saturated heterocycles. The van der Waals surface area contributed by atoms with E-state index in [0.717, 1.165) is 35.1 Å². The van der Waals surface area contributed by atoms with Crippen LogP contribution in [0, 0.1) is 0 Å². The number of benzene rings is 1. The molecule has 0 bridgehead atoms. The van der Waals surface area contributed by atoms with E-state index in [1.165, 1.54) is 5.69 Å². The zero-order chi connectivity index (χ0) is 14.7. The summed E-state index contributed by atoms with van der Waals surface area (Å²) in [5.41, 5.74) is 9.64. The lowest BCUT2D eigenvalue weighted by molar-refractivity contribution is 0.585. The van der Waals surface area contributed by atoms with Crippen molar-refractivity contribution in [1.82, 2.24) is 9.78 Å². The quantitative estimate of drug-likeness (QED) is 0.875. The molecule has 5 heteroatoms. The van der Waals surface area contributed by atoms with E-state index in [2.05, 4.69) is 40.9 Å². The molecule has 0 saturated carbocycles. The van der Waals surface area contributed by atoms with Crippen LogP contribution in [-0.4, -0.2) is 9.78 Å². The van der Waals surface area contributed by atoms with Gasteiger partial charge < -0.3 is 5.73 Å². The van der Waals surface area contributed by atoms with Gasteiger partial charge in [-0.25, -0.2) is 0 Å². The van der Waals surface area contributed by atoms with Crippen molar-refractivity contribution in [3.05, 3.63) is 50.7 Å². The molecule has 0 amide bonds. The molecule has 1 aromatic heterocycles. The number of aromatic nitrogens is 2. The lowest BCUT2D eigenvalue weighted by Gasteiger charge is -2.14. The second kappa shape index (κ2) is 6.74. The zero-order valence-corrected chi connectivity index (χ0v) is 14.1. The highest BCUT2D eigenvalue weighted by Gasteiger charge is 2.13. The van der Waals surface area contributed by atoms with E-state index >= 15 is 0 Å². The van der Waals surface area contributed by atoms with Gasteiger partial charge in [-0.15, -0.1) is 0 Å². The molecule has 2 rings (SSSR count). The number of hydrogen-bond acceptors (Lipinski definition) is 2. The van der Waals surface area contributed by atoms with Crippen LogP contribution in [-0.2, 0) is 19.4 Å². The van der Waals surface area contributed by atoms with Gasteiger partial charge in [0.2, 0.25) is 0 Å². The van der Waals surface area contributed by atoms with Gasteiger partial charge in [0.25, 0.3) is 0 Å². The van der Waals surface area contributed by atoms with E-state index in [0.29, 0.717) is 5.02 Å². The molecular weight excluding hydrogens is 338 g/mol. The van der Waals surface area contributed by atoms with Crippen molar-refractivity contribution in [3.8, 4) is 0 Å². The van der Waals surface area contributed by atoms with Gasteiger partial charge in [0.1, 0.15) is 0 Å². The highest BCUT2D eigenvalue weighted by molar-refractivity contribution is 9.10. The number of aryl methyl sites for hydroxylation is 2. The molecule has 20 heavy (non-hydrogen) atoms. The van der Waals surface area contributed by atoms with Gasteiger partial charge in [0.15, 0.2) is 0 Å². The monoisotopic (exact) mass is 355 g/mol. The Bertz CT molecular complexity index is 575. The summed E-state index contributed by atoms with van der Waals surface area (Å²) in [6, 6.07) is 7.86. The topological polar surface area (TPSA) is 43.8 Å². The maximum atomic E-state index is 6.32. The van der Waals surface area contributed by atoms with E-state index in [1.54, 1.807) is 0 Å². The molecule has 1 unspecified atom stereocenters. The van der Waals surface area contributed by atoms with Crippen LogP contribution in [0.1, 0.15) is 36.8 Å². The third kappa shape index (κ3) is 3.62. The fraction of sp³-hybridized carbons (Fsp3) is 0.400. The first-order chi connectivity index (χ1) is 9.53. The summed E-state index contributed by atoms with van der Waals surface area (Å²) < 4.78 is 2.98. The first-order valence-electron chi connectivity index (χ1n) is 6.80. The molecule has 1 aromatic carbocycles. The van der Waals surface area contributed by atoms with Crippen LogP contribution in [0.2, 0.25) is 5.02 Å². The minimum Gasteiger partial charge on any atom is -0.324 e. The Hall–Kier alpha value is -0.840. The number of nitrogens with two attached hydrogens (primary N) is 1. The third-order valence-corrected chi connectivity index (χ3v) is 3.99. The fourth-order valence-corrected chi connectivity index (χ4v) is 3.14. The molecule has 0 fully saturated rings. The Morgan fingerprint density at radius 3 is 2.65 bits per heavy atom. The first-order valence-corrected chi connectivity index (χ1v) is 7.97. The Kier molecular flexibility index (Phi) is 5.24. The molecule has 2 N–H and O–H groups in total. The number of halogens is 2. The average Bonchev–Trinajstić information content (AvgIpc) is 2.79. The van der Waals surface area contributed by atoms with Crippen molar-refractivity contribution in [2.24, 2.45) is 5.73 Å². The second-order valence-electron chi connectivity index (χ2n) is 4.81. The number of nitrogens with zero attached hydrogens (tertiary/aromatic N) is 2. The summed E-state index contributed by atoms with van der Waals surface area (Å²) in [6.07, 6.45) is 1.70. The van der Waals surface area contributed by atoms with E-state index in [4.69, 9.17) is 17.3 Å². The molecule has 0 spiro atoms. The van der Waals surface area contributed by atoms with Gasteiger partial charge in [-0.3, -0.25) is 4.68 Å². The predicted octanol–water partition coefficient (Wildman–Crippen LogP) is 4.12. The molecule has 0 aliphatic heterocycles. The summed E-state index contributed by atoms with van der Waals surface area (Å²) in [6.45, 7) is 5.07. The largest absolute Gasteiger partial charge is 0.324 e. The molecule has 1 heterocycles. The van der Waals surface area contributed by atoms with Gasteiger partial charge in [0, 0.05) is 34.2 Å². The van der Waals surface area contributed by atoms with Crippen molar-refractivity contribution in [2.75, 3.05) is 0 Å². The van der Waals surface area contributed by atoms with Crippen LogP contribution in [0.3, 0.4) is 0 Å². The zero-order valence-electron chi connectivity index (χ0n) is 11.7. The van der Waals surface area contributed by atoms with E-state index in [1.807, 2.05) is 22.9 Å². The Balaban J connectivity index is 2.22. The smallest absolute Gasteiger partial charge is 0.0624 e. The summed E-state index contributed by atoms with van der Waals surface area (Å²) in [5.74, 6) is 0. The molecule has 108 valence electrons. The maximum Gasteiger partial charge on any atom is 0.0624 e.